The van der Waals surface area contributed by atoms with E-state index in [0.717, 1.165) is 0 Å². The second kappa shape index (κ2) is 6.14. The Hall–Kier alpha value is -2.00. The van der Waals surface area contributed by atoms with Crippen LogP contribution in [-0.2, 0) is 10.0 Å². The number of fused-ring (bicyclic) bond motifs is 1. The minimum absolute atomic E-state index is 0.0295. The molecule has 1 saturated heterocycles. The molecule has 1 atom stereocenters. The number of sulfonamides is 1. The summed E-state index contributed by atoms with van der Waals surface area (Å²) in [6.45, 7) is 4.67. The topological polar surface area (TPSA) is 96.7 Å². The SMILES string of the molecule is CC(C)NC(=O)c1ccc2nnc(C3CCN(S(C)(=O)=O)C3)n2c1. The van der Waals surface area contributed by atoms with Crippen LogP contribution in [0, 0.1) is 0 Å². The normalized spacial score (nSPS) is 19.2. The summed E-state index contributed by atoms with van der Waals surface area (Å²) in [5, 5.41) is 11.2. The van der Waals surface area contributed by atoms with Gasteiger partial charge in [0.25, 0.3) is 5.91 Å². The summed E-state index contributed by atoms with van der Waals surface area (Å²) < 4.78 is 26.6. The van der Waals surface area contributed by atoms with Gasteiger partial charge in [-0.25, -0.2) is 12.7 Å². The van der Waals surface area contributed by atoms with Crippen LogP contribution in [-0.4, -0.2) is 58.6 Å². The number of nitrogens with one attached hydrogen (secondary N) is 1. The van der Waals surface area contributed by atoms with Gasteiger partial charge in [-0.05, 0) is 32.4 Å². The van der Waals surface area contributed by atoms with Gasteiger partial charge in [0.05, 0.1) is 11.8 Å². The van der Waals surface area contributed by atoms with Gasteiger partial charge < -0.3 is 5.32 Å². The van der Waals surface area contributed by atoms with Gasteiger partial charge in [-0.15, -0.1) is 10.2 Å². The Morgan fingerprint density at radius 3 is 2.71 bits per heavy atom. The molecule has 1 fully saturated rings. The molecule has 9 heteroatoms. The van der Waals surface area contributed by atoms with Crippen molar-refractivity contribution in [1.29, 1.82) is 0 Å². The molecule has 0 saturated carbocycles. The standard InChI is InChI=1S/C15H21N5O3S/c1-10(2)16-15(21)12-4-5-13-17-18-14(20(13)9-12)11-6-7-19(8-11)24(3,22)23/h4-5,9-11H,6-8H2,1-3H3,(H,16,21). The van der Waals surface area contributed by atoms with Crippen molar-refractivity contribution in [1.82, 2.24) is 24.2 Å². The molecular formula is C15H21N5O3S. The summed E-state index contributed by atoms with van der Waals surface area (Å²) >= 11 is 0. The Labute approximate surface area is 140 Å². The molecule has 1 unspecified atom stereocenters. The van der Waals surface area contributed by atoms with Gasteiger partial charge in [0, 0.05) is 31.2 Å². The van der Waals surface area contributed by atoms with Crippen molar-refractivity contribution < 1.29 is 13.2 Å². The molecule has 0 aliphatic carbocycles. The van der Waals surface area contributed by atoms with Gasteiger partial charge in [-0.3, -0.25) is 9.20 Å². The lowest BCUT2D eigenvalue weighted by atomic mass is 10.1. The lowest BCUT2D eigenvalue weighted by Crippen LogP contribution is -2.30. The number of amides is 1. The van der Waals surface area contributed by atoms with Crippen LogP contribution < -0.4 is 5.32 Å². The molecule has 1 aliphatic heterocycles. The first-order chi connectivity index (χ1) is 11.3. The summed E-state index contributed by atoms with van der Waals surface area (Å²) in [7, 11) is -3.20. The lowest BCUT2D eigenvalue weighted by molar-refractivity contribution is 0.0942. The quantitative estimate of drug-likeness (QED) is 0.871. The van der Waals surface area contributed by atoms with Gasteiger partial charge in [0.15, 0.2) is 5.65 Å². The van der Waals surface area contributed by atoms with Crippen molar-refractivity contribution in [2.45, 2.75) is 32.2 Å². The minimum Gasteiger partial charge on any atom is -0.350 e. The van der Waals surface area contributed by atoms with E-state index in [1.54, 1.807) is 22.7 Å². The van der Waals surface area contributed by atoms with E-state index in [1.807, 2.05) is 13.8 Å². The van der Waals surface area contributed by atoms with E-state index >= 15 is 0 Å². The summed E-state index contributed by atoms with van der Waals surface area (Å²) in [6.07, 6.45) is 3.62. The molecule has 3 heterocycles. The molecule has 1 N–H and O–H groups in total. The van der Waals surface area contributed by atoms with Crippen LogP contribution in [0.15, 0.2) is 18.3 Å². The average molecular weight is 351 g/mol. The second-order valence-corrected chi connectivity index (χ2v) is 8.42. The molecule has 0 spiro atoms. The van der Waals surface area contributed by atoms with E-state index in [-0.39, 0.29) is 17.9 Å². The molecule has 24 heavy (non-hydrogen) atoms. The summed E-state index contributed by atoms with van der Waals surface area (Å²) in [5.41, 5.74) is 1.17. The third-order valence-corrected chi connectivity index (χ3v) is 5.37. The number of carbonyl (C=O) groups excluding carboxylic acids is 1. The van der Waals surface area contributed by atoms with Crippen LogP contribution in [0.3, 0.4) is 0 Å². The number of nitrogens with zero attached hydrogens (tertiary/aromatic N) is 4. The highest BCUT2D eigenvalue weighted by Crippen LogP contribution is 2.27. The third-order valence-electron chi connectivity index (χ3n) is 4.10. The van der Waals surface area contributed by atoms with E-state index in [2.05, 4.69) is 15.5 Å². The zero-order valence-corrected chi connectivity index (χ0v) is 14.7. The van der Waals surface area contributed by atoms with Gasteiger partial charge in [0.2, 0.25) is 10.0 Å². The van der Waals surface area contributed by atoms with Crippen LogP contribution in [0.4, 0.5) is 0 Å². The minimum atomic E-state index is -3.20. The highest BCUT2D eigenvalue weighted by atomic mass is 32.2. The van der Waals surface area contributed by atoms with E-state index < -0.39 is 10.0 Å². The monoisotopic (exact) mass is 351 g/mol. The molecule has 2 aromatic heterocycles. The maximum Gasteiger partial charge on any atom is 0.252 e. The summed E-state index contributed by atoms with van der Waals surface area (Å²) in [4.78, 5) is 12.2. The number of aromatic nitrogens is 3. The second-order valence-electron chi connectivity index (χ2n) is 6.44. The lowest BCUT2D eigenvalue weighted by Gasteiger charge is -2.13. The highest BCUT2D eigenvalue weighted by molar-refractivity contribution is 7.88. The van der Waals surface area contributed by atoms with Crippen molar-refractivity contribution in [3.63, 3.8) is 0 Å². The average Bonchev–Trinajstić information content (AvgIpc) is 3.11. The number of hydrogen-bond acceptors (Lipinski definition) is 5. The molecule has 0 radical (unpaired) electrons. The van der Waals surface area contributed by atoms with Crippen molar-refractivity contribution >= 4 is 21.6 Å². The Balaban J connectivity index is 1.91. The molecule has 8 nitrogen and oxygen atoms in total. The zero-order valence-electron chi connectivity index (χ0n) is 13.9. The van der Waals surface area contributed by atoms with Gasteiger partial charge in [-0.2, -0.15) is 0 Å². The first-order valence-electron chi connectivity index (χ1n) is 7.86. The Morgan fingerprint density at radius 2 is 2.08 bits per heavy atom. The van der Waals surface area contributed by atoms with E-state index in [1.165, 1.54) is 10.6 Å². The molecule has 130 valence electrons. The maximum atomic E-state index is 12.2. The van der Waals surface area contributed by atoms with E-state index in [0.29, 0.717) is 36.5 Å². The fourth-order valence-corrected chi connectivity index (χ4v) is 3.79. The fourth-order valence-electron chi connectivity index (χ4n) is 2.91. The van der Waals surface area contributed by atoms with Crippen molar-refractivity contribution in [3.8, 4) is 0 Å². The Bertz CT molecular complexity index is 874. The first kappa shape index (κ1) is 16.8. The number of carbonyl (C=O) groups is 1. The Morgan fingerprint density at radius 1 is 1.33 bits per heavy atom. The largest absolute Gasteiger partial charge is 0.350 e. The van der Waals surface area contributed by atoms with Crippen molar-refractivity contribution in [2.75, 3.05) is 19.3 Å². The summed E-state index contributed by atoms with van der Waals surface area (Å²) in [5.74, 6) is 0.504. The van der Waals surface area contributed by atoms with Crippen molar-refractivity contribution in [2.24, 2.45) is 0 Å². The van der Waals surface area contributed by atoms with Crippen molar-refractivity contribution in [3.05, 3.63) is 29.7 Å². The number of rotatable bonds is 4. The summed E-state index contributed by atoms with van der Waals surface area (Å²) in [6, 6.07) is 3.50. The van der Waals surface area contributed by atoms with Crippen LogP contribution in [0.25, 0.3) is 5.65 Å². The van der Waals surface area contributed by atoms with Gasteiger partial charge >= 0.3 is 0 Å². The molecule has 1 aliphatic rings. The molecule has 3 rings (SSSR count). The first-order valence-corrected chi connectivity index (χ1v) is 9.71. The molecule has 1 amide bonds. The molecular weight excluding hydrogens is 330 g/mol. The van der Waals surface area contributed by atoms with Crippen LogP contribution in [0.5, 0.6) is 0 Å². The van der Waals surface area contributed by atoms with Crippen LogP contribution in [0.1, 0.15) is 42.4 Å². The van der Waals surface area contributed by atoms with Gasteiger partial charge in [0.1, 0.15) is 5.82 Å². The number of hydrogen-bond donors (Lipinski definition) is 1. The third kappa shape index (κ3) is 3.27. The number of pyridine rings is 1. The smallest absolute Gasteiger partial charge is 0.252 e. The molecule has 0 aromatic carbocycles. The van der Waals surface area contributed by atoms with Crippen LogP contribution >= 0.6 is 0 Å². The van der Waals surface area contributed by atoms with Gasteiger partial charge in [-0.1, -0.05) is 0 Å². The predicted molar refractivity (Wildman–Crippen MR) is 89.4 cm³/mol. The maximum absolute atomic E-state index is 12.2. The zero-order chi connectivity index (χ0) is 17.5. The molecule has 2 aromatic rings. The van der Waals surface area contributed by atoms with E-state index in [4.69, 9.17) is 0 Å². The molecule has 0 bridgehead atoms. The Kier molecular flexibility index (Phi) is 4.31. The highest BCUT2D eigenvalue weighted by Gasteiger charge is 2.32. The predicted octanol–water partition coefficient (Wildman–Crippen LogP) is 0.616. The van der Waals surface area contributed by atoms with E-state index in [9.17, 15) is 13.2 Å². The van der Waals surface area contributed by atoms with Crippen LogP contribution in [0.2, 0.25) is 0 Å². The fraction of sp³-hybridized carbons (Fsp3) is 0.533.